The van der Waals surface area contributed by atoms with Gasteiger partial charge >= 0.3 is 0 Å². The van der Waals surface area contributed by atoms with Crippen LogP contribution in [0.25, 0.3) is 0 Å². The molecule has 1 N–H and O–H groups in total. The van der Waals surface area contributed by atoms with Crippen LogP contribution in [0.1, 0.15) is 62.5 Å². The van der Waals surface area contributed by atoms with Gasteiger partial charge in [0.1, 0.15) is 5.75 Å². The van der Waals surface area contributed by atoms with E-state index in [2.05, 4.69) is 30.4 Å². The molecule has 0 radical (unpaired) electrons. The Hall–Kier alpha value is -1.02. The smallest absolute Gasteiger partial charge is 0.122 e. The molecule has 0 bridgehead atoms. The van der Waals surface area contributed by atoms with Crippen LogP contribution in [0.15, 0.2) is 18.2 Å². The van der Waals surface area contributed by atoms with Crippen LogP contribution < -0.4 is 10.1 Å². The van der Waals surface area contributed by atoms with Crippen molar-refractivity contribution in [3.8, 4) is 5.75 Å². The number of hydrogen-bond acceptors (Lipinski definition) is 2. The van der Waals surface area contributed by atoms with Crippen LogP contribution in [0.3, 0.4) is 0 Å². The second-order valence-electron chi connectivity index (χ2n) is 6.67. The third-order valence-corrected chi connectivity index (χ3v) is 5.13. The van der Waals surface area contributed by atoms with Crippen LogP contribution in [0.2, 0.25) is 0 Å². The van der Waals surface area contributed by atoms with Gasteiger partial charge in [-0.25, -0.2) is 0 Å². The molecule has 0 aromatic heterocycles. The summed E-state index contributed by atoms with van der Waals surface area (Å²) in [5, 5.41) is 3.66. The zero-order chi connectivity index (χ0) is 14.5. The summed E-state index contributed by atoms with van der Waals surface area (Å²) in [6.07, 6.45) is 9.27. The van der Waals surface area contributed by atoms with Gasteiger partial charge in [-0.15, -0.1) is 0 Å². The molecule has 1 fully saturated rings. The Morgan fingerprint density at radius 2 is 2.10 bits per heavy atom. The third kappa shape index (κ3) is 3.60. The van der Waals surface area contributed by atoms with Gasteiger partial charge < -0.3 is 10.1 Å². The van der Waals surface area contributed by atoms with Gasteiger partial charge in [0, 0.05) is 6.42 Å². The monoisotopic (exact) mass is 287 g/mol. The third-order valence-electron chi connectivity index (χ3n) is 5.13. The summed E-state index contributed by atoms with van der Waals surface area (Å²) in [6, 6.07) is 6.97. The molecule has 3 rings (SSSR count). The highest BCUT2D eigenvalue weighted by Gasteiger charge is 2.26. The number of fused-ring (bicyclic) bond motifs is 1. The first-order chi connectivity index (χ1) is 10.4. The van der Waals surface area contributed by atoms with E-state index in [1.54, 1.807) is 5.56 Å². The number of ether oxygens (including phenoxy) is 1. The molecule has 116 valence electrons. The second kappa shape index (κ2) is 7.31. The van der Waals surface area contributed by atoms with E-state index in [1.165, 1.54) is 50.6 Å². The summed E-state index contributed by atoms with van der Waals surface area (Å²) in [7, 11) is 0. The van der Waals surface area contributed by atoms with E-state index in [0.717, 1.165) is 37.2 Å². The molecule has 0 amide bonds. The minimum atomic E-state index is 0.739. The molecular formula is C19H29NO. The van der Waals surface area contributed by atoms with E-state index in [0.29, 0.717) is 0 Å². The predicted molar refractivity (Wildman–Crippen MR) is 88.1 cm³/mol. The van der Waals surface area contributed by atoms with Crippen LogP contribution in [-0.4, -0.2) is 19.7 Å². The average Bonchev–Trinajstić information content (AvgIpc) is 2.85. The summed E-state index contributed by atoms with van der Waals surface area (Å²) in [4.78, 5) is 0. The number of hydrogen-bond donors (Lipinski definition) is 1. The molecule has 2 unspecified atom stereocenters. The molecule has 1 heterocycles. The van der Waals surface area contributed by atoms with Crippen molar-refractivity contribution in [1.29, 1.82) is 0 Å². The zero-order valence-electron chi connectivity index (χ0n) is 13.4. The van der Waals surface area contributed by atoms with Gasteiger partial charge in [0.05, 0.1) is 6.61 Å². The van der Waals surface area contributed by atoms with Crippen LogP contribution in [0.4, 0.5) is 0 Å². The standard InChI is InChI=1S/C19H29NO/c1-2-11-20-14-17-6-4-3-5-7-18(17)15-8-9-19-16(13-15)10-12-21-19/h8-9,13,17-18,20H,2-7,10-12,14H2,1H3. The summed E-state index contributed by atoms with van der Waals surface area (Å²) in [5.41, 5.74) is 2.99. The molecular weight excluding hydrogens is 258 g/mol. The summed E-state index contributed by atoms with van der Waals surface area (Å²) >= 11 is 0. The van der Waals surface area contributed by atoms with Crippen LogP contribution in [-0.2, 0) is 6.42 Å². The van der Waals surface area contributed by atoms with Crippen molar-refractivity contribution in [2.75, 3.05) is 19.7 Å². The highest BCUT2D eigenvalue weighted by molar-refractivity contribution is 5.41. The highest BCUT2D eigenvalue weighted by Crippen LogP contribution is 2.38. The molecule has 1 aliphatic heterocycles. The van der Waals surface area contributed by atoms with E-state index in [9.17, 15) is 0 Å². The molecule has 2 aliphatic rings. The van der Waals surface area contributed by atoms with Gasteiger partial charge in [0.15, 0.2) is 0 Å². The maximum Gasteiger partial charge on any atom is 0.122 e. The Morgan fingerprint density at radius 1 is 1.19 bits per heavy atom. The normalized spacial score (nSPS) is 25.2. The molecule has 1 saturated carbocycles. The fourth-order valence-electron chi connectivity index (χ4n) is 3.97. The Morgan fingerprint density at radius 3 is 3.00 bits per heavy atom. The molecule has 2 heteroatoms. The van der Waals surface area contributed by atoms with Crippen molar-refractivity contribution in [2.24, 2.45) is 5.92 Å². The van der Waals surface area contributed by atoms with E-state index in [4.69, 9.17) is 4.74 Å². The average molecular weight is 287 g/mol. The Balaban J connectivity index is 1.75. The molecule has 0 spiro atoms. The largest absolute Gasteiger partial charge is 0.493 e. The van der Waals surface area contributed by atoms with Crippen LogP contribution >= 0.6 is 0 Å². The lowest BCUT2D eigenvalue weighted by Crippen LogP contribution is -2.27. The van der Waals surface area contributed by atoms with Crippen molar-refractivity contribution in [3.05, 3.63) is 29.3 Å². The van der Waals surface area contributed by atoms with E-state index < -0.39 is 0 Å². The second-order valence-corrected chi connectivity index (χ2v) is 6.67. The summed E-state index contributed by atoms with van der Waals surface area (Å²) in [6.45, 7) is 5.45. The van der Waals surface area contributed by atoms with Crippen molar-refractivity contribution >= 4 is 0 Å². The van der Waals surface area contributed by atoms with Crippen molar-refractivity contribution in [1.82, 2.24) is 5.32 Å². The van der Waals surface area contributed by atoms with E-state index in [-0.39, 0.29) is 0 Å². The lowest BCUT2D eigenvalue weighted by atomic mass is 9.81. The molecule has 1 aliphatic carbocycles. The van der Waals surface area contributed by atoms with E-state index >= 15 is 0 Å². The summed E-state index contributed by atoms with van der Waals surface area (Å²) < 4.78 is 5.66. The minimum absolute atomic E-state index is 0.739. The fraction of sp³-hybridized carbons (Fsp3) is 0.684. The number of rotatable bonds is 5. The van der Waals surface area contributed by atoms with Gasteiger partial charge in [-0.05, 0) is 61.4 Å². The Kier molecular flexibility index (Phi) is 5.18. The maximum absolute atomic E-state index is 5.66. The predicted octanol–water partition coefficient (Wildman–Crippen LogP) is 4.29. The van der Waals surface area contributed by atoms with Crippen LogP contribution in [0.5, 0.6) is 5.75 Å². The summed E-state index contributed by atoms with van der Waals surface area (Å²) in [5.74, 6) is 2.66. The molecule has 2 nitrogen and oxygen atoms in total. The fourth-order valence-corrected chi connectivity index (χ4v) is 3.97. The Labute approximate surface area is 129 Å². The van der Waals surface area contributed by atoms with Crippen molar-refractivity contribution < 1.29 is 4.74 Å². The lowest BCUT2D eigenvalue weighted by Gasteiger charge is -2.26. The minimum Gasteiger partial charge on any atom is -0.493 e. The Bertz CT molecular complexity index is 457. The first-order valence-corrected chi connectivity index (χ1v) is 8.85. The highest BCUT2D eigenvalue weighted by atomic mass is 16.5. The topological polar surface area (TPSA) is 21.3 Å². The molecule has 0 saturated heterocycles. The van der Waals surface area contributed by atoms with Gasteiger partial charge in [-0.2, -0.15) is 0 Å². The van der Waals surface area contributed by atoms with Crippen molar-refractivity contribution in [3.63, 3.8) is 0 Å². The van der Waals surface area contributed by atoms with Gasteiger partial charge in [-0.1, -0.05) is 38.3 Å². The zero-order valence-corrected chi connectivity index (χ0v) is 13.4. The molecule has 21 heavy (non-hydrogen) atoms. The maximum atomic E-state index is 5.66. The quantitative estimate of drug-likeness (QED) is 0.644. The van der Waals surface area contributed by atoms with Gasteiger partial charge in [0.25, 0.3) is 0 Å². The number of benzene rings is 1. The molecule has 2 atom stereocenters. The van der Waals surface area contributed by atoms with Gasteiger partial charge in [-0.3, -0.25) is 0 Å². The SMILES string of the molecule is CCCNCC1CCCCCC1c1ccc2c(c1)CCO2. The molecule has 1 aromatic rings. The lowest BCUT2D eigenvalue weighted by molar-refractivity contribution is 0.356. The van der Waals surface area contributed by atoms with Gasteiger partial charge in [0.2, 0.25) is 0 Å². The van der Waals surface area contributed by atoms with E-state index in [1.807, 2.05) is 0 Å². The molecule has 1 aromatic carbocycles. The van der Waals surface area contributed by atoms with Crippen molar-refractivity contribution in [2.45, 2.75) is 57.8 Å². The first-order valence-electron chi connectivity index (χ1n) is 8.85. The first kappa shape index (κ1) is 14.9. The number of nitrogens with one attached hydrogen (secondary N) is 1. The van der Waals surface area contributed by atoms with Crippen LogP contribution in [0, 0.1) is 5.92 Å².